The molecule has 1 aromatic carbocycles. The Kier molecular flexibility index (Phi) is 11.6. The zero-order valence-corrected chi connectivity index (χ0v) is 20.8. The number of phenols is 1. The smallest absolute Gasteiger partial charge is 0.326 e. The van der Waals surface area contributed by atoms with Crippen LogP contribution < -0.4 is 21.7 Å². The van der Waals surface area contributed by atoms with E-state index in [0.717, 1.165) is 0 Å². The van der Waals surface area contributed by atoms with Gasteiger partial charge in [-0.3, -0.25) is 14.4 Å². The van der Waals surface area contributed by atoms with Crippen molar-refractivity contribution in [3.63, 3.8) is 0 Å². The monoisotopic (exact) mass is 494 g/mol. The molecule has 11 heteroatoms. The highest BCUT2D eigenvalue weighted by molar-refractivity contribution is 5.94. The van der Waals surface area contributed by atoms with Gasteiger partial charge in [-0.05, 0) is 42.9 Å². The molecule has 0 spiro atoms. The van der Waals surface area contributed by atoms with Gasteiger partial charge in [-0.15, -0.1) is 0 Å². The number of carbonyl (C=O) groups is 4. The van der Waals surface area contributed by atoms with Gasteiger partial charge in [0.15, 0.2) is 0 Å². The third-order valence-corrected chi connectivity index (χ3v) is 5.40. The van der Waals surface area contributed by atoms with Crippen LogP contribution in [0.5, 0.6) is 5.75 Å². The molecule has 0 bridgehead atoms. The van der Waals surface area contributed by atoms with E-state index >= 15 is 0 Å². The number of aliphatic hydroxyl groups is 1. The Hall–Kier alpha value is -3.18. The first-order chi connectivity index (χ1) is 16.2. The highest BCUT2D eigenvalue weighted by Gasteiger charge is 2.32. The number of carbonyl (C=O) groups excluding carboxylic acids is 3. The van der Waals surface area contributed by atoms with Crippen LogP contribution in [0.15, 0.2) is 24.3 Å². The van der Waals surface area contributed by atoms with Gasteiger partial charge >= 0.3 is 5.97 Å². The van der Waals surface area contributed by atoms with E-state index in [1.54, 1.807) is 26.0 Å². The maximum Gasteiger partial charge on any atom is 0.326 e. The van der Waals surface area contributed by atoms with Gasteiger partial charge in [0.2, 0.25) is 17.7 Å². The number of benzene rings is 1. The fourth-order valence-corrected chi connectivity index (χ4v) is 3.31. The van der Waals surface area contributed by atoms with Crippen molar-refractivity contribution in [2.24, 2.45) is 17.6 Å². The topological polar surface area (TPSA) is 191 Å². The Balaban J connectivity index is 3.15. The summed E-state index contributed by atoms with van der Waals surface area (Å²) in [4.78, 5) is 50.1. The van der Waals surface area contributed by atoms with Crippen molar-refractivity contribution in [3.05, 3.63) is 29.8 Å². The number of carboxylic acid groups (broad SMARTS) is 1. The molecule has 0 saturated carbocycles. The van der Waals surface area contributed by atoms with Crippen molar-refractivity contribution in [2.45, 2.75) is 77.7 Å². The number of hydrogen-bond donors (Lipinski definition) is 7. The van der Waals surface area contributed by atoms with Gasteiger partial charge in [-0.1, -0.05) is 39.8 Å². The summed E-state index contributed by atoms with van der Waals surface area (Å²) >= 11 is 0. The summed E-state index contributed by atoms with van der Waals surface area (Å²) in [6.07, 6.45) is -0.907. The van der Waals surface area contributed by atoms with Crippen LogP contribution in [-0.4, -0.2) is 69.3 Å². The third kappa shape index (κ3) is 9.91. The number of nitrogens with one attached hydrogen (secondary N) is 3. The maximum atomic E-state index is 13.2. The van der Waals surface area contributed by atoms with Gasteiger partial charge in [0.05, 0.1) is 6.10 Å². The standard InChI is InChI=1S/C24H38N4O7/c1-12(2)10-17(22(32)28-20(13(3)4)24(34)35)26-21(31)18(27-23(33)19(25)14(5)29)11-15-6-8-16(30)9-7-15/h6-9,12-14,17-20,29-30H,10-11,25H2,1-5H3,(H,26,31)(H,27,33)(H,28,32)(H,34,35). The number of nitrogens with two attached hydrogens (primary N) is 1. The zero-order chi connectivity index (χ0) is 26.9. The molecule has 0 aliphatic rings. The molecule has 1 aromatic rings. The van der Waals surface area contributed by atoms with Crippen molar-refractivity contribution >= 4 is 23.7 Å². The highest BCUT2D eigenvalue weighted by atomic mass is 16.4. The van der Waals surface area contributed by atoms with Crippen LogP contribution in [0.4, 0.5) is 0 Å². The molecule has 35 heavy (non-hydrogen) atoms. The second kappa shape index (κ2) is 13.6. The number of aliphatic carboxylic acids is 1. The van der Waals surface area contributed by atoms with Gasteiger partial charge in [0.1, 0.15) is 29.9 Å². The first kappa shape index (κ1) is 29.9. The zero-order valence-electron chi connectivity index (χ0n) is 20.8. The summed E-state index contributed by atoms with van der Waals surface area (Å²) in [5.74, 6) is -3.63. The molecule has 11 nitrogen and oxygen atoms in total. The number of amides is 3. The van der Waals surface area contributed by atoms with Crippen LogP contribution >= 0.6 is 0 Å². The lowest BCUT2D eigenvalue weighted by Gasteiger charge is -2.27. The van der Waals surface area contributed by atoms with E-state index in [-0.39, 0.29) is 30.4 Å². The molecule has 3 amide bonds. The molecule has 5 unspecified atom stereocenters. The van der Waals surface area contributed by atoms with Gasteiger partial charge in [0.25, 0.3) is 0 Å². The molecular weight excluding hydrogens is 456 g/mol. The molecule has 8 N–H and O–H groups in total. The van der Waals surface area contributed by atoms with E-state index in [0.29, 0.717) is 5.56 Å². The van der Waals surface area contributed by atoms with Crippen LogP contribution in [-0.2, 0) is 25.6 Å². The van der Waals surface area contributed by atoms with E-state index in [1.807, 2.05) is 13.8 Å². The summed E-state index contributed by atoms with van der Waals surface area (Å²) in [5.41, 5.74) is 6.32. The van der Waals surface area contributed by atoms with E-state index in [4.69, 9.17) is 5.73 Å². The molecular formula is C24H38N4O7. The van der Waals surface area contributed by atoms with Gasteiger partial charge in [-0.2, -0.15) is 0 Å². The number of aromatic hydroxyl groups is 1. The first-order valence-corrected chi connectivity index (χ1v) is 11.6. The van der Waals surface area contributed by atoms with Crippen LogP contribution in [0.2, 0.25) is 0 Å². The number of hydrogen-bond acceptors (Lipinski definition) is 7. The Morgan fingerprint density at radius 2 is 1.37 bits per heavy atom. The molecule has 1 rings (SSSR count). The van der Waals surface area contributed by atoms with E-state index in [2.05, 4.69) is 16.0 Å². The summed E-state index contributed by atoms with van der Waals surface area (Å²) in [5, 5.41) is 36.2. The minimum Gasteiger partial charge on any atom is -0.508 e. The Bertz CT molecular complexity index is 871. The fraction of sp³-hybridized carbons (Fsp3) is 0.583. The number of aliphatic hydroxyl groups excluding tert-OH is 1. The molecule has 5 atom stereocenters. The molecule has 0 radical (unpaired) electrons. The molecule has 0 aliphatic carbocycles. The number of rotatable bonds is 13. The number of phenolic OH excluding ortho intramolecular Hbond substituents is 1. The van der Waals surface area contributed by atoms with Crippen molar-refractivity contribution in [1.29, 1.82) is 0 Å². The lowest BCUT2D eigenvalue weighted by Crippen LogP contribution is -2.59. The fourth-order valence-electron chi connectivity index (χ4n) is 3.31. The minimum absolute atomic E-state index is 0.0119. The third-order valence-electron chi connectivity index (χ3n) is 5.40. The summed E-state index contributed by atoms with van der Waals surface area (Å²) in [7, 11) is 0. The quantitative estimate of drug-likeness (QED) is 0.197. The van der Waals surface area contributed by atoms with Crippen molar-refractivity contribution in [2.75, 3.05) is 0 Å². The lowest BCUT2D eigenvalue weighted by molar-refractivity contribution is -0.143. The van der Waals surface area contributed by atoms with Gasteiger partial charge in [0, 0.05) is 6.42 Å². The average molecular weight is 495 g/mol. The minimum atomic E-state index is -1.28. The van der Waals surface area contributed by atoms with Crippen molar-refractivity contribution < 1.29 is 34.5 Å². The van der Waals surface area contributed by atoms with Crippen LogP contribution in [0.25, 0.3) is 0 Å². The van der Waals surface area contributed by atoms with E-state index in [1.165, 1.54) is 19.1 Å². The molecule has 0 heterocycles. The summed E-state index contributed by atoms with van der Waals surface area (Å²) in [6, 6.07) is 1.41. The SMILES string of the molecule is CC(C)CC(NC(=O)C(Cc1ccc(O)cc1)NC(=O)C(N)C(C)O)C(=O)NC(C(=O)O)C(C)C. The van der Waals surface area contributed by atoms with E-state index in [9.17, 15) is 34.5 Å². The summed E-state index contributed by atoms with van der Waals surface area (Å²) < 4.78 is 0. The second-order valence-electron chi connectivity index (χ2n) is 9.46. The largest absolute Gasteiger partial charge is 0.508 e. The summed E-state index contributed by atoms with van der Waals surface area (Å²) in [6.45, 7) is 8.35. The predicted molar refractivity (Wildman–Crippen MR) is 129 cm³/mol. The first-order valence-electron chi connectivity index (χ1n) is 11.6. The maximum absolute atomic E-state index is 13.2. The van der Waals surface area contributed by atoms with Crippen LogP contribution in [0.1, 0.15) is 46.6 Å². The van der Waals surface area contributed by atoms with Crippen molar-refractivity contribution in [1.82, 2.24) is 16.0 Å². The van der Waals surface area contributed by atoms with Gasteiger partial charge in [-0.25, -0.2) is 4.79 Å². The van der Waals surface area contributed by atoms with Crippen molar-refractivity contribution in [3.8, 4) is 5.75 Å². The normalized spacial score (nSPS) is 15.6. The Morgan fingerprint density at radius 1 is 0.857 bits per heavy atom. The molecule has 0 saturated heterocycles. The highest BCUT2D eigenvalue weighted by Crippen LogP contribution is 2.13. The Labute approximate surface area is 205 Å². The van der Waals surface area contributed by atoms with Gasteiger partial charge < -0.3 is 37.0 Å². The van der Waals surface area contributed by atoms with Crippen LogP contribution in [0, 0.1) is 11.8 Å². The molecule has 0 aliphatic heterocycles. The number of carboxylic acids is 1. The predicted octanol–water partition coefficient (Wildman–Crippen LogP) is -0.116. The molecule has 196 valence electrons. The Morgan fingerprint density at radius 3 is 1.83 bits per heavy atom. The van der Waals surface area contributed by atoms with E-state index < -0.39 is 54.0 Å². The lowest BCUT2D eigenvalue weighted by atomic mass is 9.99. The molecule has 0 fully saturated rings. The van der Waals surface area contributed by atoms with Crippen LogP contribution in [0.3, 0.4) is 0 Å². The molecule has 0 aromatic heterocycles. The average Bonchev–Trinajstić information content (AvgIpc) is 2.76. The second-order valence-corrected chi connectivity index (χ2v) is 9.46.